The molecule has 0 atom stereocenters. The molecule has 0 bridgehead atoms. The molecule has 2 rings (SSSR count). The molecule has 1 amide bonds. The van der Waals surface area contributed by atoms with Crippen molar-refractivity contribution in [3.63, 3.8) is 0 Å². The minimum absolute atomic E-state index is 0.0772. The van der Waals surface area contributed by atoms with Gasteiger partial charge in [-0.05, 0) is 45.7 Å². The van der Waals surface area contributed by atoms with Gasteiger partial charge in [-0.1, -0.05) is 0 Å². The Labute approximate surface area is 131 Å². The summed E-state index contributed by atoms with van der Waals surface area (Å²) in [6, 6.07) is 2.06. The Kier molecular flexibility index (Phi) is 5.35. The van der Waals surface area contributed by atoms with Crippen LogP contribution in [0.15, 0.2) is 6.07 Å². The molecular weight excluding hydrogens is 278 g/mol. The van der Waals surface area contributed by atoms with E-state index < -0.39 is 0 Å². The molecule has 2 N–H and O–H groups in total. The second kappa shape index (κ2) is 7.24. The van der Waals surface area contributed by atoms with Crippen molar-refractivity contribution in [3.05, 3.63) is 34.4 Å². The van der Waals surface area contributed by atoms with E-state index in [4.69, 9.17) is 0 Å². The summed E-state index contributed by atoms with van der Waals surface area (Å²) in [4.78, 5) is 11.8. The zero-order chi connectivity index (χ0) is 16.1. The van der Waals surface area contributed by atoms with Crippen molar-refractivity contribution in [1.29, 1.82) is 0 Å². The van der Waals surface area contributed by atoms with Crippen LogP contribution in [0.2, 0.25) is 0 Å². The molecule has 0 saturated heterocycles. The first-order valence-corrected chi connectivity index (χ1v) is 7.75. The summed E-state index contributed by atoms with van der Waals surface area (Å²) in [6.45, 7) is 9.57. The van der Waals surface area contributed by atoms with Gasteiger partial charge in [0.1, 0.15) is 0 Å². The Hall–Kier alpha value is -2.11. The highest BCUT2D eigenvalue weighted by atomic mass is 16.1. The van der Waals surface area contributed by atoms with E-state index in [0.29, 0.717) is 19.4 Å². The van der Waals surface area contributed by atoms with Gasteiger partial charge in [0.05, 0.1) is 11.4 Å². The summed E-state index contributed by atoms with van der Waals surface area (Å²) in [5, 5.41) is 14.5. The highest BCUT2D eigenvalue weighted by Gasteiger charge is 2.08. The summed E-state index contributed by atoms with van der Waals surface area (Å²) in [5.74, 6) is 0.0772. The lowest BCUT2D eigenvalue weighted by Gasteiger charge is -2.06. The summed E-state index contributed by atoms with van der Waals surface area (Å²) >= 11 is 0. The van der Waals surface area contributed by atoms with E-state index in [-0.39, 0.29) is 5.91 Å². The van der Waals surface area contributed by atoms with E-state index in [2.05, 4.69) is 26.7 Å². The molecule has 2 aromatic heterocycles. The number of nitrogens with one attached hydrogen (secondary N) is 2. The van der Waals surface area contributed by atoms with Gasteiger partial charge in [0, 0.05) is 37.3 Å². The minimum atomic E-state index is 0.0772. The number of aromatic amines is 1. The van der Waals surface area contributed by atoms with Crippen LogP contribution in [0.1, 0.15) is 41.2 Å². The lowest BCUT2D eigenvalue weighted by molar-refractivity contribution is -0.121. The van der Waals surface area contributed by atoms with Crippen molar-refractivity contribution >= 4 is 5.91 Å². The molecule has 0 spiro atoms. The number of aromatic nitrogens is 4. The number of amides is 1. The second-order valence-corrected chi connectivity index (χ2v) is 5.77. The fourth-order valence-electron chi connectivity index (χ4n) is 2.46. The third kappa shape index (κ3) is 4.19. The van der Waals surface area contributed by atoms with Gasteiger partial charge in [-0.2, -0.15) is 10.2 Å². The van der Waals surface area contributed by atoms with Gasteiger partial charge < -0.3 is 5.32 Å². The fraction of sp³-hybridized carbons (Fsp3) is 0.562. The van der Waals surface area contributed by atoms with Crippen LogP contribution in [0.25, 0.3) is 0 Å². The zero-order valence-corrected chi connectivity index (χ0v) is 13.9. The van der Waals surface area contributed by atoms with Gasteiger partial charge in [-0.25, -0.2) is 0 Å². The molecular formula is C16H25N5O. The molecule has 0 fully saturated rings. The van der Waals surface area contributed by atoms with Crippen molar-refractivity contribution in [1.82, 2.24) is 25.3 Å². The van der Waals surface area contributed by atoms with Gasteiger partial charge in [-0.15, -0.1) is 0 Å². The zero-order valence-electron chi connectivity index (χ0n) is 13.9. The number of hydrogen-bond acceptors (Lipinski definition) is 3. The molecule has 0 aliphatic carbocycles. The van der Waals surface area contributed by atoms with Gasteiger partial charge in [-0.3, -0.25) is 14.6 Å². The van der Waals surface area contributed by atoms with Crippen LogP contribution in [0, 0.1) is 27.7 Å². The van der Waals surface area contributed by atoms with Crippen LogP contribution in [-0.4, -0.2) is 32.4 Å². The number of hydrogen-bond donors (Lipinski definition) is 2. The molecule has 0 radical (unpaired) electrons. The number of carbonyl (C=O) groups is 1. The predicted molar refractivity (Wildman–Crippen MR) is 85.7 cm³/mol. The lowest BCUT2D eigenvalue weighted by atomic mass is 10.1. The van der Waals surface area contributed by atoms with E-state index in [1.54, 1.807) is 0 Å². The molecule has 0 aliphatic rings. The Morgan fingerprint density at radius 2 is 2.09 bits per heavy atom. The van der Waals surface area contributed by atoms with Crippen LogP contribution in [0.3, 0.4) is 0 Å². The van der Waals surface area contributed by atoms with E-state index in [1.807, 2.05) is 32.4 Å². The molecule has 6 nitrogen and oxygen atoms in total. The SMILES string of the molecule is Cc1cc(C)n(CCCNC(=O)CCc2n[nH]c(C)c2C)n1. The molecule has 6 heteroatoms. The Bertz CT molecular complexity index is 641. The smallest absolute Gasteiger partial charge is 0.220 e. The molecule has 2 aromatic rings. The average molecular weight is 303 g/mol. The first-order valence-electron chi connectivity index (χ1n) is 7.75. The van der Waals surface area contributed by atoms with Crippen LogP contribution in [-0.2, 0) is 17.8 Å². The minimum Gasteiger partial charge on any atom is -0.356 e. The lowest BCUT2D eigenvalue weighted by Crippen LogP contribution is -2.25. The van der Waals surface area contributed by atoms with Crippen LogP contribution < -0.4 is 5.32 Å². The predicted octanol–water partition coefficient (Wildman–Crippen LogP) is 1.98. The molecule has 0 aliphatic heterocycles. The first kappa shape index (κ1) is 16.3. The van der Waals surface area contributed by atoms with Gasteiger partial charge in [0.15, 0.2) is 0 Å². The molecule has 120 valence electrons. The quantitative estimate of drug-likeness (QED) is 0.768. The van der Waals surface area contributed by atoms with Crippen LogP contribution in [0.4, 0.5) is 0 Å². The Balaban J connectivity index is 1.66. The number of nitrogens with zero attached hydrogens (tertiary/aromatic N) is 3. The number of H-pyrrole nitrogens is 1. The number of carbonyl (C=O) groups excluding carboxylic acids is 1. The monoisotopic (exact) mass is 303 g/mol. The summed E-state index contributed by atoms with van der Waals surface area (Å²) in [5.41, 5.74) is 5.40. The van der Waals surface area contributed by atoms with Crippen LogP contribution in [0.5, 0.6) is 0 Å². The van der Waals surface area contributed by atoms with E-state index >= 15 is 0 Å². The van der Waals surface area contributed by atoms with Crippen molar-refractivity contribution in [2.45, 2.75) is 53.5 Å². The van der Waals surface area contributed by atoms with E-state index in [9.17, 15) is 4.79 Å². The molecule has 22 heavy (non-hydrogen) atoms. The van der Waals surface area contributed by atoms with Crippen molar-refractivity contribution < 1.29 is 4.79 Å². The highest BCUT2D eigenvalue weighted by molar-refractivity contribution is 5.76. The largest absolute Gasteiger partial charge is 0.356 e. The van der Waals surface area contributed by atoms with Crippen molar-refractivity contribution in [3.8, 4) is 0 Å². The van der Waals surface area contributed by atoms with E-state index in [0.717, 1.165) is 41.3 Å². The van der Waals surface area contributed by atoms with Gasteiger partial charge >= 0.3 is 0 Å². The second-order valence-electron chi connectivity index (χ2n) is 5.77. The average Bonchev–Trinajstić information content (AvgIpc) is 2.96. The van der Waals surface area contributed by atoms with Gasteiger partial charge in [0.25, 0.3) is 0 Å². The molecule has 0 saturated carbocycles. The highest BCUT2D eigenvalue weighted by Crippen LogP contribution is 2.10. The fourth-order valence-corrected chi connectivity index (χ4v) is 2.46. The molecule has 0 aromatic carbocycles. The number of aryl methyl sites for hydroxylation is 5. The Morgan fingerprint density at radius 3 is 2.68 bits per heavy atom. The molecule has 2 heterocycles. The maximum absolute atomic E-state index is 11.8. The third-order valence-corrected chi connectivity index (χ3v) is 3.92. The summed E-state index contributed by atoms with van der Waals surface area (Å²) in [6.07, 6.45) is 2.04. The van der Waals surface area contributed by atoms with Crippen LogP contribution >= 0.6 is 0 Å². The number of rotatable bonds is 7. The summed E-state index contributed by atoms with van der Waals surface area (Å²) < 4.78 is 1.98. The first-order chi connectivity index (χ1) is 10.5. The Morgan fingerprint density at radius 1 is 1.32 bits per heavy atom. The van der Waals surface area contributed by atoms with Crippen molar-refractivity contribution in [2.75, 3.05) is 6.54 Å². The topological polar surface area (TPSA) is 75.6 Å². The third-order valence-electron chi connectivity index (χ3n) is 3.92. The standard InChI is InChI=1S/C16H25N5O/c1-11-10-12(2)21(20-11)9-5-8-17-16(22)7-6-15-13(3)14(4)18-19-15/h10H,5-9H2,1-4H3,(H,17,22)(H,18,19). The summed E-state index contributed by atoms with van der Waals surface area (Å²) in [7, 11) is 0. The van der Waals surface area contributed by atoms with E-state index in [1.165, 1.54) is 0 Å². The maximum Gasteiger partial charge on any atom is 0.220 e. The van der Waals surface area contributed by atoms with Gasteiger partial charge in [0.2, 0.25) is 5.91 Å². The molecule has 0 unspecified atom stereocenters. The maximum atomic E-state index is 11.8. The normalized spacial score (nSPS) is 10.9. The van der Waals surface area contributed by atoms with Crippen molar-refractivity contribution in [2.24, 2.45) is 0 Å².